The number of aromatic amines is 1. The Balaban J connectivity index is 1.76. The van der Waals surface area contributed by atoms with Crippen LogP contribution in [0, 0.1) is 5.92 Å². The molecule has 3 heterocycles. The van der Waals surface area contributed by atoms with Gasteiger partial charge in [0.05, 0.1) is 36.5 Å². The zero-order valence-corrected chi connectivity index (χ0v) is 26.7. The topological polar surface area (TPSA) is 117 Å². The molecule has 1 aliphatic rings. The molecule has 0 bridgehead atoms. The van der Waals surface area contributed by atoms with Crippen molar-refractivity contribution < 1.29 is 37.0 Å². The maximum absolute atomic E-state index is 14.0. The number of hydrogen-bond acceptors (Lipinski definition) is 7. The molecular weight excluding hydrogens is 623 g/mol. The van der Waals surface area contributed by atoms with E-state index in [2.05, 4.69) is 15.3 Å². The third-order valence-electron chi connectivity index (χ3n) is 7.26. The van der Waals surface area contributed by atoms with E-state index in [1.807, 2.05) is 0 Å². The molecule has 46 heavy (non-hydrogen) atoms. The van der Waals surface area contributed by atoms with Crippen LogP contribution in [-0.4, -0.2) is 62.9 Å². The summed E-state index contributed by atoms with van der Waals surface area (Å²) in [6.45, 7) is 6.46. The van der Waals surface area contributed by atoms with E-state index in [0.717, 1.165) is 0 Å². The number of esters is 1. The number of carbonyl (C=O) groups excluding carboxylic acids is 3. The van der Waals surface area contributed by atoms with E-state index >= 15 is 0 Å². The lowest BCUT2D eigenvalue weighted by Crippen LogP contribution is -2.47. The van der Waals surface area contributed by atoms with Crippen LogP contribution in [0.4, 0.5) is 23.7 Å². The molecule has 0 spiro atoms. The van der Waals surface area contributed by atoms with Crippen molar-refractivity contribution in [3.8, 4) is 0 Å². The number of amides is 2. The second kappa shape index (κ2) is 14.3. The number of nitrogens with one attached hydrogen (secondary N) is 2. The average molecular weight is 660 g/mol. The summed E-state index contributed by atoms with van der Waals surface area (Å²) in [5.74, 6) is -2.85. The fraction of sp³-hybridized carbons (Fsp3) is 0.406. The Kier molecular flexibility index (Phi) is 10.7. The monoisotopic (exact) mass is 659 g/mol. The molecule has 2 N–H and O–H groups in total. The Bertz CT molecular complexity index is 1560. The maximum Gasteiger partial charge on any atom is 0.410 e. The summed E-state index contributed by atoms with van der Waals surface area (Å²) in [7, 11) is 0. The van der Waals surface area contributed by atoms with Crippen LogP contribution in [0.2, 0.25) is 0 Å². The lowest BCUT2D eigenvalue weighted by Gasteiger charge is -2.41. The van der Waals surface area contributed by atoms with Gasteiger partial charge in [0.2, 0.25) is 0 Å². The highest BCUT2D eigenvalue weighted by Crippen LogP contribution is 2.43. The molecule has 1 aliphatic heterocycles. The second-order valence-corrected chi connectivity index (χ2v) is 12.1. The van der Waals surface area contributed by atoms with Crippen LogP contribution < -0.4 is 10.2 Å². The first-order valence-corrected chi connectivity index (χ1v) is 15.1. The number of aromatic nitrogens is 2. The summed E-state index contributed by atoms with van der Waals surface area (Å²) < 4.78 is 52.8. The summed E-state index contributed by atoms with van der Waals surface area (Å²) in [5, 5.41) is 2.59. The predicted molar refractivity (Wildman–Crippen MR) is 168 cm³/mol. The average Bonchev–Trinajstić information content (AvgIpc) is 3.49. The van der Waals surface area contributed by atoms with E-state index in [9.17, 15) is 27.6 Å². The number of pyridine rings is 1. The highest BCUT2D eigenvalue weighted by molar-refractivity contribution is 7.80. The van der Waals surface area contributed by atoms with Crippen molar-refractivity contribution in [3.05, 3.63) is 83.4 Å². The first kappa shape index (κ1) is 34.4. The maximum atomic E-state index is 14.0. The van der Waals surface area contributed by atoms with Crippen molar-refractivity contribution in [1.29, 1.82) is 0 Å². The number of anilines is 1. The number of benzene rings is 1. The molecule has 1 fully saturated rings. The number of hydrogen-bond donors (Lipinski definition) is 2. The van der Waals surface area contributed by atoms with Crippen LogP contribution in [0.25, 0.3) is 0 Å². The van der Waals surface area contributed by atoms with Crippen LogP contribution in [0.1, 0.15) is 78.7 Å². The number of likely N-dealkylation sites (tertiary alicyclic amines) is 1. The minimum atomic E-state index is -4.48. The van der Waals surface area contributed by atoms with Crippen molar-refractivity contribution in [2.45, 2.75) is 64.9 Å². The summed E-state index contributed by atoms with van der Waals surface area (Å²) in [5.41, 5.74) is 0.378. The van der Waals surface area contributed by atoms with Gasteiger partial charge >= 0.3 is 18.2 Å². The number of piperidine rings is 1. The predicted octanol–water partition coefficient (Wildman–Crippen LogP) is 6.56. The molecule has 3 aromatic rings. The first-order chi connectivity index (χ1) is 21.7. The molecule has 2 aromatic heterocycles. The Morgan fingerprint density at radius 3 is 2.48 bits per heavy atom. The Morgan fingerprint density at radius 2 is 1.83 bits per heavy atom. The van der Waals surface area contributed by atoms with Gasteiger partial charge in [-0.2, -0.15) is 13.2 Å². The van der Waals surface area contributed by atoms with Crippen LogP contribution in [0.3, 0.4) is 0 Å². The largest absolute Gasteiger partial charge is 0.461 e. The normalized spacial score (nSPS) is 16.8. The van der Waals surface area contributed by atoms with Crippen molar-refractivity contribution in [2.75, 3.05) is 18.1 Å². The van der Waals surface area contributed by atoms with E-state index in [-0.39, 0.29) is 48.3 Å². The van der Waals surface area contributed by atoms with Crippen LogP contribution in [0.5, 0.6) is 0 Å². The Hall–Kier alpha value is -4.46. The third kappa shape index (κ3) is 8.42. The molecule has 2 atom stereocenters. The molecule has 2 unspecified atom stereocenters. The number of carbonyl (C=O) groups is 3. The molecule has 0 aliphatic carbocycles. The van der Waals surface area contributed by atoms with E-state index in [0.29, 0.717) is 11.1 Å². The fourth-order valence-corrected chi connectivity index (χ4v) is 5.42. The number of alkyl halides is 3. The van der Waals surface area contributed by atoms with Gasteiger partial charge < -0.3 is 19.4 Å². The third-order valence-corrected chi connectivity index (χ3v) is 7.58. The Morgan fingerprint density at radius 1 is 1.11 bits per heavy atom. The Labute approximate surface area is 270 Å². The van der Waals surface area contributed by atoms with Gasteiger partial charge in [-0.05, 0) is 82.6 Å². The molecule has 2 amide bonds. The van der Waals surface area contributed by atoms with Crippen LogP contribution in [-0.2, 0) is 16.0 Å². The van der Waals surface area contributed by atoms with Gasteiger partial charge in [0.1, 0.15) is 11.3 Å². The molecule has 10 nitrogen and oxygen atoms in total. The van der Waals surface area contributed by atoms with Gasteiger partial charge in [-0.15, -0.1) is 0 Å². The number of rotatable bonds is 7. The van der Waals surface area contributed by atoms with Crippen molar-refractivity contribution in [2.24, 2.45) is 5.92 Å². The molecule has 0 radical (unpaired) electrons. The molecule has 1 saturated heterocycles. The minimum Gasteiger partial charge on any atom is -0.461 e. The van der Waals surface area contributed by atoms with Gasteiger partial charge in [0.15, 0.2) is 5.11 Å². The number of H-pyrrole nitrogens is 1. The number of ether oxygens (including phenoxy) is 2. The van der Waals surface area contributed by atoms with Crippen LogP contribution >= 0.6 is 12.2 Å². The zero-order valence-electron chi connectivity index (χ0n) is 25.9. The smallest absolute Gasteiger partial charge is 0.410 e. The van der Waals surface area contributed by atoms with E-state index in [4.69, 9.17) is 21.7 Å². The number of halogens is 3. The molecule has 246 valence electrons. The summed E-state index contributed by atoms with van der Waals surface area (Å²) in [6, 6.07) is 12.1. The summed E-state index contributed by atoms with van der Waals surface area (Å²) in [4.78, 5) is 49.2. The molecule has 0 saturated carbocycles. The summed E-state index contributed by atoms with van der Waals surface area (Å²) >= 11 is 5.68. The number of thiocarbonyl (C=S) groups is 1. The fourth-order valence-electron chi connectivity index (χ4n) is 5.16. The first-order valence-electron chi connectivity index (χ1n) is 14.7. The zero-order chi connectivity index (χ0) is 33.6. The van der Waals surface area contributed by atoms with Crippen molar-refractivity contribution in [3.63, 3.8) is 0 Å². The number of nitrogens with zero attached hydrogens (tertiary/aromatic N) is 3. The van der Waals surface area contributed by atoms with E-state index in [1.165, 1.54) is 22.2 Å². The highest BCUT2D eigenvalue weighted by Gasteiger charge is 2.47. The van der Waals surface area contributed by atoms with Gasteiger partial charge in [-0.25, -0.2) is 9.59 Å². The minimum absolute atomic E-state index is 0.0498. The van der Waals surface area contributed by atoms with Crippen LogP contribution in [0.15, 0.2) is 60.9 Å². The van der Waals surface area contributed by atoms with Crippen molar-refractivity contribution >= 4 is 41.0 Å². The van der Waals surface area contributed by atoms with Gasteiger partial charge in [0.25, 0.3) is 5.91 Å². The summed E-state index contributed by atoms with van der Waals surface area (Å²) in [6.07, 6.45) is -3.02. The molecule has 4 rings (SSSR count). The van der Waals surface area contributed by atoms with E-state index in [1.54, 1.807) is 76.2 Å². The molecule has 1 aromatic carbocycles. The SMILES string of the molecule is CCOC(=O)c1[nH]ccc1N(Cc1cccnc1C1CC(C(F)(F)F)CCN1C(=O)OC(C)(C)C)C(=S)NC(=O)c1ccccc1. The standard InChI is InChI=1S/C32H36F3N5O5S/c1-5-44-28(42)26-23(13-16-37-26)40(29(46)38-27(41)20-10-7-6-8-11-20)19-21-12-9-15-36-25(21)24-18-22(32(33,34)35)14-17-39(24)30(43)45-31(2,3)4/h6-13,15-16,22,24,37H,5,14,17-19H2,1-4H3,(H,38,41,46). The van der Waals surface area contributed by atoms with Gasteiger partial charge in [-0.1, -0.05) is 24.3 Å². The van der Waals surface area contributed by atoms with Crippen molar-refractivity contribution in [1.82, 2.24) is 20.2 Å². The van der Waals surface area contributed by atoms with Gasteiger partial charge in [-0.3, -0.25) is 20.0 Å². The van der Waals surface area contributed by atoms with E-state index < -0.39 is 48.1 Å². The molecular formula is C32H36F3N5O5S. The quantitative estimate of drug-likeness (QED) is 0.217. The van der Waals surface area contributed by atoms with Gasteiger partial charge in [0, 0.05) is 24.5 Å². The highest BCUT2D eigenvalue weighted by atomic mass is 32.1. The second-order valence-electron chi connectivity index (χ2n) is 11.7. The lowest BCUT2D eigenvalue weighted by atomic mass is 9.87. The lowest BCUT2D eigenvalue weighted by molar-refractivity contribution is -0.189. The molecule has 14 heteroatoms.